The van der Waals surface area contributed by atoms with Crippen molar-refractivity contribution in [3.8, 4) is 11.8 Å². The molecule has 7 heteroatoms. The number of benzene rings is 4. The van der Waals surface area contributed by atoms with Crippen LogP contribution in [0.1, 0.15) is 11.1 Å². The van der Waals surface area contributed by atoms with Crippen molar-refractivity contribution in [1.29, 1.82) is 5.26 Å². The highest BCUT2D eigenvalue weighted by atomic mass is 32.2. The molecule has 0 atom stereocenters. The quantitative estimate of drug-likeness (QED) is 0.238. The third-order valence-corrected chi connectivity index (χ3v) is 6.29. The highest BCUT2D eigenvalue weighted by Gasteiger charge is 2.17. The van der Waals surface area contributed by atoms with Crippen molar-refractivity contribution in [2.75, 3.05) is 0 Å². The van der Waals surface area contributed by atoms with Crippen LogP contribution < -0.4 is 9.50 Å². The monoisotopic (exact) mass is 468 g/mol. The topological polar surface area (TPSA) is 96.3 Å². The lowest BCUT2D eigenvalue weighted by Gasteiger charge is -2.09. The molecular weight excluding hydrogens is 448 g/mol. The predicted molar refractivity (Wildman–Crippen MR) is 130 cm³/mol. The second-order valence-electron chi connectivity index (χ2n) is 7.46. The SMILES string of the molecule is N#C/C(=C\c1cccc(OS(=O)(=O)c2ccc3ccccc3c2)c1)C(=O)NCc1ccccc1. The minimum absolute atomic E-state index is 0.0325. The van der Waals surface area contributed by atoms with Crippen molar-refractivity contribution in [3.05, 3.63) is 114 Å². The van der Waals surface area contributed by atoms with Crippen LogP contribution in [0, 0.1) is 11.3 Å². The molecule has 0 aliphatic heterocycles. The standard InChI is InChI=1S/C27H20N2O4S/c28-18-24(27(30)29-19-20-7-2-1-3-8-20)15-21-9-6-12-25(16-21)33-34(31,32)26-14-13-22-10-4-5-11-23(22)17-26/h1-17H,19H2,(H,29,30)/b24-15+. The molecular formula is C27H20N2O4S. The second-order valence-corrected chi connectivity index (χ2v) is 9.00. The van der Waals surface area contributed by atoms with Gasteiger partial charge in [0.25, 0.3) is 5.91 Å². The number of nitrogens with one attached hydrogen (secondary N) is 1. The summed E-state index contributed by atoms with van der Waals surface area (Å²) in [6.07, 6.45) is 1.38. The first-order valence-corrected chi connectivity index (χ1v) is 11.8. The molecule has 1 N–H and O–H groups in total. The minimum atomic E-state index is -4.08. The molecule has 4 aromatic rings. The van der Waals surface area contributed by atoms with Crippen molar-refractivity contribution < 1.29 is 17.4 Å². The number of carbonyl (C=O) groups is 1. The van der Waals surface area contributed by atoms with Crippen molar-refractivity contribution in [2.24, 2.45) is 0 Å². The zero-order valence-corrected chi connectivity index (χ0v) is 18.8. The van der Waals surface area contributed by atoms with Gasteiger partial charge in [-0.1, -0.05) is 72.8 Å². The van der Waals surface area contributed by atoms with Gasteiger partial charge in [0.1, 0.15) is 22.3 Å². The van der Waals surface area contributed by atoms with E-state index in [0.29, 0.717) is 5.56 Å². The van der Waals surface area contributed by atoms with E-state index in [2.05, 4.69) is 5.32 Å². The molecule has 0 fully saturated rings. The fourth-order valence-corrected chi connectivity index (χ4v) is 4.30. The molecule has 0 heterocycles. The summed E-state index contributed by atoms with van der Waals surface area (Å²) in [6.45, 7) is 0.284. The average molecular weight is 469 g/mol. The maximum absolute atomic E-state index is 12.8. The number of carbonyl (C=O) groups excluding carboxylic acids is 1. The molecule has 1 amide bonds. The molecule has 168 valence electrons. The number of nitrogens with zero attached hydrogens (tertiary/aromatic N) is 1. The maximum Gasteiger partial charge on any atom is 0.339 e. The molecule has 0 aliphatic rings. The van der Waals surface area contributed by atoms with Crippen molar-refractivity contribution >= 4 is 32.9 Å². The van der Waals surface area contributed by atoms with Gasteiger partial charge in [-0.05, 0) is 52.2 Å². The summed E-state index contributed by atoms with van der Waals surface area (Å²) >= 11 is 0. The lowest BCUT2D eigenvalue weighted by molar-refractivity contribution is -0.117. The van der Waals surface area contributed by atoms with Crippen LogP contribution in [-0.4, -0.2) is 14.3 Å². The third-order valence-electron chi connectivity index (χ3n) is 5.05. The van der Waals surface area contributed by atoms with E-state index in [1.54, 1.807) is 24.3 Å². The Balaban J connectivity index is 1.51. The Morgan fingerprint density at radius 3 is 2.38 bits per heavy atom. The molecule has 0 saturated carbocycles. The van der Waals surface area contributed by atoms with Gasteiger partial charge < -0.3 is 9.50 Å². The second kappa shape index (κ2) is 10.0. The third kappa shape index (κ3) is 5.49. The molecule has 0 saturated heterocycles. The van der Waals surface area contributed by atoms with Crippen LogP contribution in [0.3, 0.4) is 0 Å². The Bertz CT molecular complexity index is 1520. The zero-order chi connectivity index (χ0) is 24.0. The summed E-state index contributed by atoms with van der Waals surface area (Å²) in [6, 6.07) is 29.6. The van der Waals surface area contributed by atoms with Gasteiger partial charge in [-0.15, -0.1) is 0 Å². The Morgan fingerprint density at radius 2 is 1.62 bits per heavy atom. The van der Waals surface area contributed by atoms with E-state index in [9.17, 15) is 18.5 Å². The first-order chi connectivity index (χ1) is 16.4. The molecule has 6 nitrogen and oxygen atoms in total. The highest BCUT2D eigenvalue weighted by molar-refractivity contribution is 7.87. The summed E-state index contributed by atoms with van der Waals surface area (Å²) in [5.41, 5.74) is 1.26. The van der Waals surface area contributed by atoms with E-state index in [1.807, 2.05) is 60.7 Å². The summed E-state index contributed by atoms with van der Waals surface area (Å²) < 4.78 is 30.9. The number of fused-ring (bicyclic) bond motifs is 1. The fourth-order valence-electron chi connectivity index (χ4n) is 3.34. The first kappa shape index (κ1) is 22.8. The molecule has 4 aromatic carbocycles. The summed E-state index contributed by atoms with van der Waals surface area (Å²) in [5, 5.41) is 13.8. The van der Waals surface area contributed by atoms with Gasteiger partial charge in [0.05, 0.1) is 0 Å². The number of rotatable bonds is 7. The van der Waals surface area contributed by atoms with Crippen LogP contribution in [0.2, 0.25) is 0 Å². The number of nitriles is 1. The lowest BCUT2D eigenvalue weighted by atomic mass is 10.1. The predicted octanol–water partition coefficient (Wildman–Crippen LogP) is 4.83. The molecule has 34 heavy (non-hydrogen) atoms. The lowest BCUT2D eigenvalue weighted by Crippen LogP contribution is -2.23. The Kier molecular flexibility index (Phi) is 6.72. The Labute approximate surface area is 197 Å². The van der Waals surface area contributed by atoms with E-state index in [4.69, 9.17) is 4.18 Å². The molecule has 0 bridgehead atoms. The molecule has 0 aliphatic carbocycles. The Morgan fingerprint density at radius 1 is 0.882 bits per heavy atom. The van der Waals surface area contributed by atoms with E-state index in [-0.39, 0.29) is 22.8 Å². The van der Waals surface area contributed by atoms with E-state index < -0.39 is 16.0 Å². The number of hydrogen-bond acceptors (Lipinski definition) is 5. The van der Waals surface area contributed by atoms with Crippen LogP contribution in [-0.2, 0) is 21.5 Å². The van der Waals surface area contributed by atoms with Gasteiger partial charge in [-0.25, -0.2) is 0 Å². The fraction of sp³-hybridized carbons (Fsp3) is 0.0370. The van der Waals surface area contributed by atoms with E-state index in [1.165, 1.54) is 24.3 Å². The van der Waals surface area contributed by atoms with Crippen molar-refractivity contribution in [1.82, 2.24) is 5.32 Å². The summed E-state index contributed by atoms with van der Waals surface area (Å²) in [4.78, 5) is 12.5. The van der Waals surface area contributed by atoms with Gasteiger partial charge in [-0.2, -0.15) is 13.7 Å². The van der Waals surface area contributed by atoms with Crippen molar-refractivity contribution in [2.45, 2.75) is 11.4 Å². The van der Waals surface area contributed by atoms with Gasteiger partial charge in [0, 0.05) is 6.54 Å². The molecule has 0 unspecified atom stereocenters. The Hall–Kier alpha value is -4.41. The maximum atomic E-state index is 12.8. The largest absolute Gasteiger partial charge is 0.379 e. The number of hydrogen-bond donors (Lipinski definition) is 1. The van der Waals surface area contributed by atoms with E-state index in [0.717, 1.165) is 16.3 Å². The summed E-state index contributed by atoms with van der Waals surface area (Å²) in [7, 11) is -4.08. The van der Waals surface area contributed by atoms with E-state index >= 15 is 0 Å². The minimum Gasteiger partial charge on any atom is -0.379 e. The normalized spacial score (nSPS) is 11.6. The van der Waals surface area contributed by atoms with Crippen LogP contribution in [0.5, 0.6) is 5.75 Å². The molecule has 0 aromatic heterocycles. The van der Waals surface area contributed by atoms with Crippen molar-refractivity contribution in [3.63, 3.8) is 0 Å². The van der Waals surface area contributed by atoms with Gasteiger partial charge >= 0.3 is 10.1 Å². The molecule has 4 rings (SSSR count). The van der Waals surface area contributed by atoms with Gasteiger partial charge in [0.2, 0.25) is 0 Å². The van der Waals surface area contributed by atoms with Crippen LogP contribution in [0.4, 0.5) is 0 Å². The van der Waals surface area contributed by atoms with Crippen LogP contribution in [0.25, 0.3) is 16.8 Å². The van der Waals surface area contributed by atoms with Gasteiger partial charge in [-0.3, -0.25) is 4.79 Å². The number of amides is 1. The summed E-state index contributed by atoms with van der Waals surface area (Å²) in [5.74, 6) is -0.453. The van der Waals surface area contributed by atoms with Crippen LogP contribution in [0.15, 0.2) is 108 Å². The zero-order valence-electron chi connectivity index (χ0n) is 18.0. The molecule has 0 spiro atoms. The molecule has 0 radical (unpaired) electrons. The highest BCUT2D eigenvalue weighted by Crippen LogP contribution is 2.24. The smallest absolute Gasteiger partial charge is 0.339 e. The van der Waals surface area contributed by atoms with Crippen LogP contribution >= 0.6 is 0 Å². The van der Waals surface area contributed by atoms with Gasteiger partial charge in [0.15, 0.2) is 0 Å². The average Bonchev–Trinajstić information content (AvgIpc) is 2.86. The first-order valence-electron chi connectivity index (χ1n) is 10.4.